The van der Waals surface area contributed by atoms with Gasteiger partial charge in [-0.25, -0.2) is 4.79 Å². The summed E-state index contributed by atoms with van der Waals surface area (Å²) >= 11 is 11.8. The Hall–Kier alpha value is -3.29. The van der Waals surface area contributed by atoms with Gasteiger partial charge in [0.15, 0.2) is 11.9 Å². The number of halogens is 2. The molecule has 0 aliphatic heterocycles. The number of para-hydroxylation sites is 1. The molecule has 0 unspecified atom stereocenters. The molecule has 1 heterocycles. The van der Waals surface area contributed by atoms with E-state index in [9.17, 15) is 14.4 Å². The van der Waals surface area contributed by atoms with Crippen LogP contribution < -0.4 is 10.6 Å². The summed E-state index contributed by atoms with van der Waals surface area (Å²) in [5.74, 6) is -1.79. The van der Waals surface area contributed by atoms with E-state index >= 15 is 0 Å². The van der Waals surface area contributed by atoms with Crippen molar-refractivity contribution in [3.8, 4) is 0 Å². The van der Waals surface area contributed by atoms with Crippen molar-refractivity contribution >= 4 is 52.4 Å². The Morgan fingerprint density at radius 3 is 2.33 bits per heavy atom. The summed E-state index contributed by atoms with van der Waals surface area (Å²) in [6.07, 6.45) is 0.242. The molecule has 0 aliphatic carbocycles. The molecule has 154 valence electrons. The molecule has 1 aromatic heterocycles. The number of amides is 2. The van der Waals surface area contributed by atoms with Gasteiger partial charge in [-0.1, -0.05) is 35.3 Å². The summed E-state index contributed by atoms with van der Waals surface area (Å²) in [4.78, 5) is 37.1. The number of carbonyl (C=O) groups is 3. The van der Waals surface area contributed by atoms with Gasteiger partial charge in [-0.2, -0.15) is 0 Å². The van der Waals surface area contributed by atoms with Crippen molar-refractivity contribution in [3.63, 3.8) is 0 Å². The molecule has 0 saturated heterocycles. The molecule has 0 radical (unpaired) electrons. The van der Waals surface area contributed by atoms with E-state index in [1.165, 1.54) is 49.6 Å². The first-order valence-corrected chi connectivity index (χ1v) is 9.51. The minimum absolute atomic E-state index is 0.0860. The topological polar surface area (TPSA) is 97.6 Å². The van der Waals surface area contributed by atoms with Crippen LogP contribution in [-0.4, -0.2) is 23.9 Å². The van der Waals surface area contributed by atoms with Gasteiger partial charge >= 0.3 is 5.97 Å². The molecule has 0 spiro atoms. The molecule has 0 aliphatic rings. The molecule has 2 amide bonds. The molecule has 3 aromatic rings. The minimum atomic E-state index is -1.12. The van der Waals surface area contributed by atoms with E-state index in [4.69, 9.17) is 32.4 Å². The number of carbonyl (C=O) groups excluding carboxylic acids is 3. The number of ether oxygens (including phenoxy) is 1. The molecular weight excluding hydrogens is 431 g/mol. The number of hydrogen-bond donors (Lipinski definition) is 2. The van der Waals surface area contributed by atoms with Crippen molar-refractivity contribution in [1.82, 2.24) is 0 Å². The Bertz CT molecular complexity index is 1060. The predicted molar refractivity (Wildman–Crippen MR) is 113 cm³/mol. The third kappa shape index (κ3) is 5.40. The molecule has 9 heteroatoms. The number of benzene rings is 2. The van der Waals surface area contributed by atoms with Crippen molar-refractivity contribution in [2.45, 2.75) is 13.0 Å². The average Bonchev–Trinajstić information content (AvgIpc) is 3.22. The molecule has 3 rings (SSSR count). The summed E-state index contributed by atoms with van der Waals surface area (Å²) in [5.41, 5.74) is 0.674. The number of hydrogen-bond acceptors (Lipinski definition) is 5. The zero-order chi connectivity index (χ0) is 21.7. The van der Waals surface area contributed by atoms with Gasteiger partial charge in [-0.05, 0) is 49.4 Å². The number of esters is 1. The molecule has 0 fully saturated rings. The monoisotopic (exact) mass is 446 g/mol. The number of anilines is 2. The molecule has 0 saturated carbocycles. The Morgan fingerprint density at radius 1 is 0.967 bits per heavy atom. The van der Waals surface area contributed by atoms with E-state index in [0.717, 1.165) is 0 Å². The first kappa shape index (κ1) is 21.4. The van der Waals surface area contributed by atoms with Crippen LogP contribution in [0.5, 0.6) is 0 Å². The second kappa shape index (κ2) is 9.47. The Balaban J connectivity index is 1.68. The molecule has 0 bridgehead atoms. The van der Waals surface area contributed by atoms with Gasteiger partial charge in [0.05, 0.1) is 17.5 Å². The van der Waals surface area contributed by atoms with Crippen molar-refractivity contribution in [1.29, 1.82) is 0 Å². The minimum Gasteiger partial charge on any atom is -0.459 e. The molecule has 2 aromatic carbocycles. The number of rotatable bonds is 6. The highest BCUT2D eigenvalue weighted by Gasteiger charge is 2.22. The van der Waals surface area contributed by atoms with Crippen LogP contribution in [0.25, 0.3) is 0 Å². The highest BCUT2D eigenvalue weighted by atomic mass is 35.5. The number of nitrogens with one attached hydrogen (secondary N) is 2. The summed E-state index contributed by atoms with van der Waals surface area (Å²) in [6.45, 7) is 1.42. The van der Waals surface area contributed by atoms with E-state index in [0.29, 0.717) is 15.7 Å². The smallest absolute Gasteiger partial charge is 0.341 e. The molecule has 30 heavy (non-hydrogen) atoms. The van der Waals surface area contributed by atoms with Gasteiger partial charge in [0.1, 0.15) is 0 Å². The van der Waals surface area contributed by atoms with Crippen LogP contribution in [0, 0.1) is 0 Å². The van der Waals surface area contributed by atoms with Gasteiger partial charge in [-0.3, -0.25) is 9.59 Å². The fraction of sp³-hybridized carbons (Fsp3) is 0.0952. The molecular formula is C21H16Cl2N2O5. The highest BCUT2D eigenvalue weighted by molar-refractivity contribution is 6.35. The fourth-order valence-corrected chi connectivity index (χ4v) is 3.04. The van der Waals surface area contributed by atoms with Crippen LogP contribution in [0.4, 0.5) is 11.4 Å². The maximum Gasteiger partial charge on any atom is 0.341 e. The average molecular weight is 447 g/mol. The van der Waals surface area contributed by atoms with Crippen molar-refractivity contribution < 1.29 is 23.5 Å². The van der Waals surface area contributed by atoms with E-state index in [-0.39, 0.29) is 17.0 Å². The lowest BCUT2D eigenvalue weighted by Crippen LogP contribution is -2.30. The van der Waals surface area contributed by atoms with Crippen molar-refractivity contribution in [2.75, 3.05) is 10.6 Å². The third-order valence-corrected chi connectivity index (χ3v) is 4.36. The first-order chi connectivity index (χ1) is 14.3. The molecule has 7 nitrogen and oxygen atoms in total. The lowest BCUT2D eigenvalue weighted by molar-refractivity contribution is -0.123. The largest absolute Gasteiger partial charge is 0.459 e. The fourth-order valence-electron chi connectivity index (χ4n) is 2.51. The summed E-state index contributed by atoms with van der Waals surface area (Å²) < 4.78 is 10.3. The maximum atomic E-state index is 12.6. The summed E-state index contributed by atoms with van der Waals surface area (Å²) in [6, 6.07) is 13.9. The van der Waals surface area contributed by atoms with E-state index in [1.807, 2.05) is 0 Å². The van der Waals surface area contributed by atoms with Gasteiger partial charge in [0.25, 0.3) is 11.8 Å². The molecule has 2 N–H and O–H groups in total. The van der Waals surface area contributed by atoms with E-state index in [2.05, 4.69) is 10.6 Å². The zero-order valence-corrected chi connectivity index (χ0v) is 17.2. The summed E-state index contributed by atoms with van der Waals surface area (Å²) in [7, 11) is 0. The van der Waals surface area contributed by atoms with Crippen molar-refractivity contribution in [2.24, 2.45) is 0 Å². The third-order valence-electron chi connectivity index (χ3n) is 3.92. The maximum absolute atomic E-state index is 12.6. The van der Waals surface area contributed by atoms with Crippen LogP contribution in [-0.2, 0) is 9.53 Å². The van der Waals surface area contributed by atoms with Crippen LogP contribution in [0.1, 0.15) is 27.8 Å². The van der Waals surface area contributed by atoms with Crippen LogP contribution >= 0.6 is 23.2 Å². The second-order valence-corrected chi connectivity index (χ2v) is 7.04. The van der Waals surface area contributed by atoms with Gasteiger partial charge in [0.2, 0.25) is 0 Å². The highest BCUT2D eigenvalue weighted by Crippen LogP contribution is 2.23. The predicted octanol–water partition coefficient (Wildman–Crippen LogP) is 5.02. The lowest BCUT2D eigenvalue weighted by Gasteiger charge is -2.15. The summed E-state index contributed by atoms with van der Waals surface area (Å²) in [5, 5.41) is 5.86. The first-order valence-electron chi connectivity index (χ1n) is 8.75. The SMILES string of the molecule is C[C@@H](OC(=O)c1ccccc1NC(=O)c1ccco1)C(=O)Nc1cc(Cl)cc(Cl)c1. The standard InChI is InChI=1S/C21H16Cl2N2O5/c1-12(19(26)24-15-10-13(22)9-14(23)11-15)30-21(28)16-5-2-3-6-17(16)25-20(27)18-7-4-8-29-18/h2-12H,1H3,(H,24,26)(H,25,27)/t12-/m1/s1. The quantitative estimate of drug-likeness (QED) is 0.517. The lowest BCUT2D eigenvalue weighted by atomic mass is 10.1. The van der Waals surface area contributed by atoms with Crippen LogP contribution in [0.3, 0.4) is 0 Å². The van der Waals surface area contributed by atoms with Crippen molar-refractivity contribution in [3.05, 3.63) is 82.2 Å². The van der Waals surface area contributed by atoms with Crippen LogP contribution in [0.2, 0.25) is 10.0 Å². The second-order valence-electron chi connectivity index (χ2n) is 6.17. The van der Waals surface area contributed by atoms with E-state index < -0.39 is 23.9 Å². The Labute approximate surface area is 181 Å². The Morgan fingerprint density at radius 2 is 1.67 bits per heavy atom. The van der Waals surface area contributed by atoms with Gasteiger partial charge in [0, 0.05) is 15.7 Å². The van der Waals surface area contributed by atoms with Crippen LogP contribution in [0.15, 0.2) is 65.3 Å². The zero-order valence-electron chi connectivity index (χ0n) is 15.6. The Kier molecular flexibility index (Phi) is 6.76. The van der Waals surface area contributed by atoms with E-state index in [1.54, 1.807) is 18.2 Å². The van der Waals surface area contributed by atoms with Gasteiger partial charge < -0.3 is 19.8 Å². The molecule has 1 atom stereocenters. The van der Waals surface area contributed by atoms with Gasteiger partial charge in [-0.15, -0.1) is 0 Å². The normalized spacial score (nSPS) is 11.4. The number of furan rings is 1.